The molecule has 2 aromatic heterocycles. The van der Waals surface area contributed by atoms with E-state index >= 15 is 0 Å². The summed E-state index contributed by atoms with van der Waals surface area (Å²) in [6, 6.07) is 4.03. The maximum Gasteiger partial charge on any atom is 0.147 e. The highest BCUT2D eigenvalue weighted by Crippen LogP contribution is 2.41. The van der Waals surface area contributed by atoms with Crippen LogP contribution in [0.1, 0.15) is 41.6 Å². The van der Waals surface area contributed by atoms with E-state index in [1.165, 1.54) is 16.6 Å². The van der Waals surface area contributed by atoms with Crippen LogP contribution in [0.15, 0.2) is 22.8 Å². The Hall–Kier alpha value is -1.56. The number of anilines is 1. The molecule has 0 atom stereocenters. The van der Waals surface area contributed by atoms with Crippen molar-refractivity contribution in [2.75, 3.05) is 24.6 Å². The Bertz CT molecular complexity index is 1080. The van der Waals surface area contributed by atoms with Gasteiger partial charge in [0.2, 0.25) is 0 Å². The monoisotopic (exact) mass is 489 g/mol. The summed E-state index contributed by atoms with van der Waals surface area (Å²) in [6.07, 6.45) is 5.34. The van der Waals surface area contributed by atoms with Crippen LogP contribution in [-0.2, 0) is 0 Å². The second kappa shape index (κ2) is 8.52. The molecule has 1 fully saturated rings. The van der Waals surface area contributed by atoms with Crippen molar-refractivity contribution in [3.63, 3.8) is 0 Å². The first-order valence-corrected chi connectivity index (χ1v) is 11.8. The molecule has 0 amide bonds. The van der Waals surface area contributed by atoms with Crippen LogP contribution in [0.5, 0.6) is 0 Å². The Kier molecular flexibility index (Phi) is 6.16. The number of rotatable bonds is 4. The molecule has 1 aliphatic heterocycles. The Balaban J connectivity index is 1.87. The summed E-state index contributed by atoms with van der Waals surface area (Å²) in [4.78, 5) is 7.49. The quantitative estimate of drug-likeness (QED) is 0.468. The van der Waals surface area contributed by atoms with Crippen molar-refractivity contribution in [1.29, 1.82) is 0 Å². The van der Waals surface area contributed by atoms with Crippen LogP contribution >= 0.6 is 27.5 Å². The molecule has 1 aromatic carbocycles. The minimum absolute atomic E-state index is 0.286. The molecule has 0 saturated carbocycles. The molecule has 0 spiro atoms. The molecule has 30 heavy (non-hydrogen) atoms. The SMILES string of the molecule is Cc1cc(Cl)cc(C)c1-n1cc(C)c2c(N3CCC(CCO)CC3)c(Br)c(C)nc21. The van der Waals surface area contributed by atoms with E-state index in [1.54, 1.807) is 0 Å². The largest absolute Gasteiger partial charge is 0.396 e. The fourth-order valence-electron chi connectivity index (χ4n) is 4.89. The van der Waals surface area contributed by atoms with E-state index in [0.29, 0.717) is 5.92 Å². The summed E-state index contributed by atoms with van der Waals surface area (Å²) < 4.78 is 3.31. The highest BCUT2D eigenvalue weighted by Gasteiger charge is 2.26. The predicted molar refractivity (Wildman–Crippen MR) is 129 cm³/mol. The van der Waals surface area contributed by atoms with Crippen molar-refractivity contribution in [1.82, 2.24) is 9.55 Å². The van der Waals surface area contributed by atoms with Crippen LogP contribution in [-0.4, -0.2) is 34.4 Å². The van der Waals surface area contributed by atoms with E-state index in [1.807, 2.05) is 12.1 Å². The van der Waals surface area contributed by atoms with Gasteiger partial charge in [-0.05, 0) is 97.6 Å². The first kappa shape index (κ1) is 21.7. The molecule has 3 aromatic rings. The van der Waals surface area contributed by atoms with Crippen LogP contribution < -0.4 is 4.90 Å². The second-order valence-corrected chi connectivity index (χ2v) is 9.80. The standard InChI is InChI=1S/C24H29BrClN3O/c1-14-11-19(26)12-15(2)22(14)29-13-16(3)20-23(21(25)17(4)27-24(20)29)28-8-5-18(6-9-28)7-10-30/h11-13,18,30H,5-10H2,1-4H3. The van der Waals surface area contributed by atoms with Crippen LogP contribution in [0.3, 0.4) is 0 Å². The van der Waals surface area contributed by atoms with Gasteiger partial charge in [0.25, 0.3) is 0 Å². The van der Waals surface area contributed by atoms with Gasteiger partial charge < -0.3 is 14.6 Å². The van der Waals surface area contributed by atoms with Gasteiger partial charge in [-0.3, -0.25) is 0 Å². The molecule has 0 unspecified atom stereocenters. The molecule has 3 heterocycles. The van der Waals surface area contributed by atoms with Crippen molar-refractivity contribution in [2.45, 2.75) is 47.0 Å². The maximum atomic E-state index is 9.29. The lowest BCUT2D eigenvalue weighted by Crippen LogP contribution is -2.34. The lowest BCUT2D eigenvalue weighted by molar-refractivity contribution is 0.240. The highest BCUT2D eigenvalue weighted by atomic mass is 79.9. The van der Waals surface area contributed by atoms with Gasteiger partial charge in [0.05, 0.1) is 21.5 Å². The molecular formula is C24H29BrClN3O. The average molecular weight is 491 g/mol. The molecule has 0 aliphatic carbocycles. The number of pyridine rings is 1. The third-order valence-corrected chi connectivity index (χ3v) is 7.54. The van der Waals surface area contributed by atoms with Gasteiger partial charge in [0.15, 0.2) is 0 Å². The van der Waals surface area contributed by atoms with E-state index in [2.05, 4.69) is 59.3 Å². The molecule has 4 nitrogen and oxygen atoms in total. The summed E-state index contributed by atoms with van der Waals surface area (Å²) >= 11 is 10.1. The van der Waals surface area contributed by atoms with Crippen LogP contribution in [0, 0.1) is 33.6 Å². The zero-order valence-electron chi connectivity index (χ0n) is 18.1. The number of piperidine rings is 1. The summed E-state index contributed by atoms with van der Waals surface area (Å²) in [5, 5.41) is 11.3. The number of hydrogen-bond acceptors (Lipinski definition) is 3. The van der Waals surface area contributed by atoms with Gasteiger partial charge in [-0.15, -0.1) is 0 Å². The number of nitrogens with zero attached hydrogens (tertiary/aromatic N) is 3. The number of aliphatic hydroxyl groups is 1. The zero-order valence-corrected chi connectivity index (χ0v) is 20.4. The van der Waals surface area contributed by atoms with Crippen molar-refractivity contribution < 1.29 is 5.11 Å². The van der Waals surface area contributed by atoms with E-state index in [0.717, 1.165) is 70.0 Å². The summed E-state index contributed by atoms with van der Waals surface area (Å²) in [5.74, 6) is 0.619. The number of aryl methyl sites for hydroxylation is 4. The van der Waals surface area contributed by atoms with E-state index in [9.17, 15) is 5.11 Å². The topological polar surface area (TPSA) is 41.3 Å². The lowest BCUT2D eigenvalue weighted by Gasteiger charge is -2.35. The summed E-state index contributed by atoms with van der Waals surface area (Å²) in [6.45, 7) is 10.7. The molecular weight excluding hydrogens is 462 g/mol. The Morgan fingerprint density at radius 3 is 2.30 bits per heavy atom. The number of fused-ring (bicyclic) bond motifs is 1. The Labute approximate surface area is 192 Å². The van der Waals surface area contributed by atoms with Gasteiger partial charge in [0, 0.05) is 36.3 Å². The first-order chi connectivity index (χ1) is 14.3. The molecule has 0 bridgehead atoms. The fraction of sp³-hybridized carbons (Fsp3) is 0.458. The zero-order chi connectivity index (χ0) is 21.6. The second-order valence-electron chi connectivity index (χ2n) is 8.57. The van der Waals surface area contributed by atoms with Crippen molar-refractivity contribution >= 4 is 44.3 Å². The number of aromatic nitrogens is 2. The van der Waals surface area contributed by atoms with Crippen molar-refractivity contribution in [3.05, 3.63) is 50.2 Å². The van der Waals surface area contributed by atoms with E-state index in [4.69, 9.17) is 16.6 Å². The van der Waals surface area contributed by atoms with Gasteiger partial charge in [-0.2, -0.15) is 0 Å². The average Bonchev–Trinajstić information content (AvgIpc) is 2.99. The number of aliphatic hydroxyl groups excluding tert-OH is 1. The smallest absolute Gasteiger partial charge is 0.147 e. The molecule has 6 heteroatoms. The van der Waals surface area contributed by atoms with Gasteiger partial charge in [0.1, 0.15) is 5.65 Å². The Morgan fingerprint density at radius 2 is 1.70 bits per heavy atom. The summed E-state index contributed by atoms with van der Waals surface area (Å²) in [7, 11) is 0. The van der Waals surface area contributed by atoms with Crippen LogP contribution in [0.4, 0.5) is 5.69 Å². The maximum absolute atomic E-state index is 9.29. The lowest BCUT2D eigenvalue weighted by atomic mass is 9.93. The molecule has 160 valence electrons. The van der Waals surface area contributed by atoms with Gasteiger partial charge >= 0.3 is 0 Å². The van der Waals surface area contributed by atoms with Crippen molar-refractivity contribution in [3.8, 4) is 5.69 Å². The molecule has 1 aliphatic rings. The normalized spacial score (nSPS) is 15.4. The number of halogens is 2. The minimum atomic E-state index is 0.286. The number of benzene rings is 1. The third-order valence-electron chi connectivity index (χ3n) is 6.37. The number of hydrogen-bond donors (Lipinski definition) is 1. The molecule has 4 rings (SSSR count). The van der Waals surface area contributed by atoms with E-state index in [-0.39, 0.29) is 6.61 Å². The third kappa shape index (κ3) is 3.76. The highest BCUT2D eigenvalue weighted by molar-refractivity contribution is 9.10. The van der Waals surface area contributed by atoms with Crippen LogP contribution in [0.25, 0.3) is 16.7 Å². The van der Waals surface area contributed by atoms with Crippen molar-refractivity contribution in [2.24, 2.45) is 5.92 Å². The first-order valence-electron chi connectivity index (χ1n) is 10.6. The Morgan fingerprint density at radius 1 is 1.07 bits per heavy atom. The van der Waals surface area contributed by atoms with E-state index < -0.39 is 0 Å². The molecule has 1 N–H and O–H groups in total. The fourth-order valence-corrected chi connectivity index (χ4v) is 5.75. The van der Waals surface area contributed by atoms with Gasteiger partial charge in [-0.1, -0.05) is 11.6 Å². The predicted octanol–water partition coefficient (Wildman–Crippen LogP) is 6.27. The van der Waals surface area contributed by atoms with Crippen LogP contribution in [0.2, 0.25) is 5.02 Å². The minimum Gasteiger partial charge on any atom is -0.396 e. The summed E-state index contributed by atoms with van der Waals surface area (Å²) in [5.41, 5.74) is 7.91. The van der Waals surface area contributed by atoms with Gasteiger partial charge in [-0.25, -0.2) is 4.98 Å². The molecule has 0 radical (unpaired) electrons. The molecule has 1 saturated heterocycles.